The van der Waals surface area contributed by atoms with Crippen molar-refractivity contribution in [3.05, 3.63) is 24.0 Å². The Hall–Kier alpha value is -1.25. The van der Waals surface area contributed by atoms with Crippen LogP contribution in [-0.4, -0.2) is 15.6 Å². The fraction of sp³-hybridized carbons (Fsp3) is 0.583. The van der Waals surface area contributed by atoms with Crippen LogP contribution in [0.15, 0.2) is 18.3 Å². The van der Waals surface area contributed by atoms with E-state index in [1.165, 1.54) is 12.8 Å². The van der Waals surface area contributed by atoms with Crippen LogP contribution in [0.2, 0.25) is 0 Å². The van der Waals surface area contributed by atoms with Gasteiger partial charge in [0.25, 0.3) is 0 Å². The second kappa shape index (κ2) is 3.40. The molecular weight excluding hydrogens is 190 g/mol. The highest BCUT2D eigenvalue weighted by atomic mass is 16.4. The molecule has 0 aromatic carbocycles. The van der Waals surface area contributed by atoms with Crippen molar-refractivity contribution in [2.75, 3.05) is 0 Å². The molecule has 1 aromatic rings. The molecule has 0 spiro atoms. The number of aromatic nitrogens is 1. The van der Waals surface area contributed by atoms with E-state index in [-0.39, 0.29) is 0 Å². The van der Waals surface area contributed by atoms with Crippen LogP contribution < -0.4 is 0 Å². The van der Waals surface area contributed by atoms with E-state index in [1.807, 2.05) is 10.8 Å². The van der Waals surface area contributed by atoms with Crippen molar-refractivity contribution in [1.82, 2.24) is 4.57 Å². The summed E-state index contributed by atoms with van der Waals surface area (Å²) in [5.41, 5.74) is 0.755. The number of hydrogen-bond acceptors (Lipinski definition) is 1. The van der Waals surface area contributed by atoms with Gasteiger partial charge in [0.1, 0.15) is 5.69 Å². The molecule has 0 radical (unpaired) electrons. The highest BCUT2D eigenvalue weighted by Gasteiger charge is 2.45. The fourth-order valence-electron chi connectivity index (χ4n) is 2.16. The van der Waals surface area contributed by atoms with Gasteiger partial charge in [-0.15, -0.1) is 0 Å². The number of nitrogens with zero attached hydrogens (tertiary/aromatic N) is 1. The van der Waals surface area contributed by atoms with Crippen molar-refractivity contribution < 1.29 is 9.90 Å². The largest absolute Gasteiger partial charge is 0.477 e. The molecule has 2 rings (SSSR count). The third-order valence-electron chi connectivity index (χ3n) is 3.65. The van der Waals surface area contributed by atoms with Crippen molar-refractivity contribution in [3.63, 3.8) is 0 Å². The van der Waals surface area contributed by atoms with Gasteiger partial charge >= 0.3 is 5.97 Å². The van der Waals surface area contributed by atoms with E-state index in [2.05, 4.69) is 13.8 Å². The molecule has 1 aromatic heterocycles. The predicted octanol–water partition coefficient (Wildman–Crippen LogP) is 2.62. The molecule has 0 saturated heterocycles. The first-order valence-electron chi connectivity index (χ1n) is 5.44. The molecule has 15 heavy (non-hydrogen) atoms. The Balaban J connectivity index is 2.18. The summed E-state index contributed by atoms with van der Waals surface area (Å²) in [6.45, 7) is 5.28. The SMILES string of the molecule is CC(C)C1(Cn2cccc2C(=O)O)CC1. The monoisotopic (exact) mass is 207 g/mol. The van der Waals surface area contributed by atoms with Crippen LogP contribution in [0.4, 0.5) is 0 Å². The molecule has 1 saturated carbocycles. The van der Waals surface area contributed by atoms with E-state index < -0.39 is 5.97 Å². The van der Waals surface area contributed by atoms with Gasteiger partial charge in [-0.25, -0.2) is 4.79 Å². The van der Waals surface area contributed by atoms with E-state index in [0.717, 1.165) is 6.54 Å². The molecule has 0 unspecified atom stereocenters. The molecule has 1 fully saturated rings. The molecule has 3 heteroatoms. The molecule has 1 N–H and O–H groups in total. The maximum absolute atomic E-state index is 10.9. The van der Waals surface area contributed by atoms with Gasteiger partial charge in [-0.2, -0.15) is 0 Å². The van der Waals surface area contributed by atoms with Crippen LogP contribution in [0.3, 0.4) is 0 Å². The molecule has 0 amide bonds. The van der Waals surface area contributed by atoms with Gasteiger partial charge in [-0.3, -0.25) is 0 Å². The lowest BCUT2D eigenvalue weighted by Gasteiger charge is -2.21. The zero-order valence-corrected chi connectivity index (χ0v) is 9.23. The molecule has 1 aliphatic carbocycles. The molecule has 0 atom stereocenters. The summed E-state index contributed by atoms with van der Waals surface area (Å²) < 4.78 is 1.87. The van der Waals surface area contributed by atoms with Gasteiger partial charge in [-0.1, -0.05) is 13.8 Å². The quantitative estimate of drug-likeness (QED) is 0.824. The molecule has 1 heterocycles. The summed E-state index contributed by atoms with van der Waals surface area (Å²) in [4.78, 5) is 10.9. The van der Waals surface area contributed by atoms with Gasteiger partial charge in [0.2, 0.25) is 0 Å². The van der Waals surface area contributed by atoms with Gasteiger partial charge in [0.15, 0.2) is 0 Å². The van der Waals surface area contributed by atoms with Gasteiger partial charge in [-0.05, 0) is 36.3 Å². The van der Waals surface area contributed by atoms with Crippen molar-refractivity contribution in [1.29, 1.82) is 0 Å². The average molecular weight is 207 g/mol. The number of hydrogen-bond donors (Lipinski definition) is 1. The summed E-state index contributed by atoms with van der Waals surface area (Å²) in [5, 5.41) is 8.99. The van der Waals surface area contributed by atoms with Gasteiger partial charge < -0.3 is 9.67 Å². The van der Waals surface area contributed by atoms with Gasteiger partial charge in [0.05, 0.1) is 0 Å². The minimum Gasteiger partial charge on any atom is -0.477 e. The van der Waals surface area contributed by atoms with Crippen molar-refractivity contribution in [2.24, 2.45) is 11.3 Å². The van der Waals surface area contributed by atoms with E-state index in [9.17, 15) is 4.79 Å². The zero-order valence-electron chi connectivity index (χ0n) is 9.23. The minimum atomic E-state index is -0.834. The average Bonchev–Trinajstić information content (AvgIpc) is 2.77. The molecular formula is C12H17NO2. The molecule has 3 nitrogen and oxygen atoms in total. The molecule has 1 aliphatic rings. The van der Waals surface area contributed by atoms with Crippen LogP contribution in [0.5, 0.6) is 0 Å². The number of carboxylic acid groups (broad SMARTS) is 1. The van der Waals surface area contributed by atoms with Crippen LogP contribution in [0.1, 0.15) is 37.2 Å². The third kappa shape index (κ3) is 1.78. The first-order chi connectivity index (χ1) is 7.05. The first kappa shape index (κ1) is 10.3. The van der Waals surface area contributed by atoms with Crippen molar-refractivity contribution >= 4 is 5.97 Å². The van der Waals surface area contributed by atoms with Crippen LogP contribution in [-0.2, 0) is 6.54 Å². The van der Waals surface area contributed by atoms with Gasteiger partial charge in [0, 0.05) is 12.7 Å². The number of rotatable bonds is 4. The topological polar surface area (TPSA) is 42.2 Å². The van der Waals surface area contributed by atoms with Crippen LogP contribution >= 0.6 is 0 Å². The summed E-state index contributed by atoms with van der Waals surface area (Å²) in [6, 6.07) is 3.47. The number of aromatic carboxylic acids is 1. The van der Waals surface area contributed by atoms with E-state index in [4.69, 9.17) is 5.11 Å². The molecule has 0 aliphatic heterocycles. The Morgan fingerprint density at radius 3 is 2.73 bits per heavy atom. The zero-order chi connectivity index (χ0) is 11.1. The summed E-state index contributed by atoms with van der Waals surface area (Å²) in [5.74, 6) is -0.207. The third-order valence-corrected chi connectivity index (χ3v) is 3.65. The maximum atomic E-state index is 10.9. The normalized spacial score (nSPS) is 18.1. The molecule has 0 bridgehead atoms. The van der Waals surface area contributed by atoms with E-state index >= 15 is 0 Å². The summed E-state index contributed by atoms with van der Waals surface area (Å²) in [7, 11) is 0. The standard InChI is InChI=1S/C12H17NO2/c1-9(2)12(5-6-12)8-13-7-3-4-10(13)11(14)15/h3-4,7,9H,5-6,8H2,1-2H3,(H,14,15). The lowest BCUT2D eigenvalue weighted by molar-refractivity contribution is 0.0682. The second-order valence-electron chi connectivity index (χ2n) is 4.84. The fourth-order valence-corrected chi connectivity index (χ4v) is 2.16. The van der Waals surface area contributed by atoms with E-state index in [1.54, 1.807) is 12.1 Å². The summed E-state index contributed by atoms with van der Waals surface area (Å²) >= 11 is 0. The Labute approximate surface area is 89.7 Å². The lowest BCUT2D eigenvalue weighted by atomic mass is 9.92. The number of carboxylic acids is 1. The maximum Gasteiger partial charge on any atom is 0.352 e. The minimum absolute atomic E-state index is 0.350. The van der Waals surface area contributed by atoms with Crippen LogP contribution in [0, 0.1) is 11.3 Å². The Kier molecular flexibility index (Phi) is 2.33. The van der Waals surface area contributed by atoms with Crippen LogP contribution in [0.25, 0.3) is 0 Å². The first-order valence-corrected chi connectivity index (χ1v) is 5.44. The Bertz CT molecular complexity index is 375. The molecule has 82 valence electrons. The number of carbonyl (C=O) groups is 1. The Morgan fingerprint density at radius 1 is 1.60 bits per heavy atom. The van der Waals surface area contributed by atoms with Crippen molar-refractivity contribution in [2.45, 2.75) is 33.2 Å². The Morgan fingerprint density at radius 2 is 2.27 bits per heavy atom. The lowest BCUT2D eigenvalue weighted by Crippen LogP contribution is -2.20. The second-order valence-corrected chi connectivity index (χ2v) is 4.84. The highest BCUT2D eigenvalue weighted by Crippen LogP contribution is 2.53. The highest BCUT2D eigenvalue weighted by molar-refractivity contribution is 5.85. The summed E-state index contributed by atoms with van der Waals surface area (Å²) in [6.07, 6.45) is 4.32. The van der Waals surface area contributed by atoms with E-state index in [0.29, 0.717) is 17.0 Å². The predicted molar refractivity (Wildman–Crippen MR) is 57.9 cm³/mol. The smallest absolute Gasteiger partial charge is 0.352 e. The van der Waals surface area contributed by atoms with Crippen molar-refractivity contribution in [3.8, 4) is 0 Å².